The Morgan fingerprint density at radius 2 is 2.15 bits per heavy atom. The first-order chi connectivity index (χ1) is 9.84. The third kappa shape index (κ3) is 3.06. The van der Waals surface area contributed by atoms with Crippen molar-refractivity contribution in [2.75, 3.05) is 19.6 Å². The first-order valence-corrected chi connectivity index (χ1v) is 7.92. The van der Waals surface area contributed by atoms with E-state index >= 15 is 0 Å². The number of piperidine rings is 1. The van der Waals surface area contributed by atoms with E-state index in [-0.39, 0.29) is 0 Å². The lowest BCUT2D eigenvalue weighted by molar-refractivity contribution is -0.132. The number of fused-ring (bicyclic) bond motifs is 1. The zero-order valence-electron chi connectivity index (χ0n) is 12.1. The highest BCUT2D eigenvalue weighted by Gasteiger charge is 2.22. The van der Waals surface area contributed by atoms with Crippen LogP contribution >= 0.6 is 0 Å². The van der Waals surface area contributed by atoms with Gasteiger partial charge in [-0.25, -0.2) is 0 Å². The van der Waals surface area contributed by atoms with E-state index < -0.39 is 0 Å². The van der Waals surface area contributed by atoms with Gasteiger partial charge in [0.05, 0.1) is 6.26 Å². The summed E-state index contributed by atoms with van der Waals surface area (Å²) in [5.74, 6) is 1.43. The van der Waals surface area contributed by atoms with E-state index in [0.717, 1.165) is 44.7 Å². The molecule has 1 atom stereocenters. The smallest absolute Gasteiger partial charge is 0.223 e. The Kier molecular flexibility index (Phi) is 4.41. The quantitative estimate of drug-likeness (QED) is 0.919. The van der Waals surface area contributed by atoms with Crippen LogP contribution in [-0.2, 0) is 11.2 Å². The minimum atomic E-state index is 0.306. The molecule has 1 amide bonds. The van der Waals surface area contributed by atoms with Gasteiger partial charge in [-0.15, -0.1) is 0 Å². The molecule has 110 valence electrons. The number of hydrogen-bond acceptors (Lipinski definition) is 3. The first-order valence-electron chi connectivity index (χ1n) is 7.92. The number of furan rings is 1. The average Bonchev–Trinajstić information content (AvgIpc) is 2.97. The summed E-state index contributed by atoms with van der Waals surface area (Å²) in [5.41, 5.74) is 1.29. The monoisotopic (exact) mass is 276 g/mol. The molecule has 0 spiro atoms. The Hall–Kier alpha value is -1.29. The lowest BCUT2D eigenvalue weighted by atomic mass is 9.93. The molecular formula is C16H24N2O2. The number of carbonyl (C=O) groups excluding carboxylic acids is 1. The minimum Gasteiger partial charge on any atom is -0.469 e. The third-order valence-electron chi connectivity index (χ3n) is 4.49. The molecule has 2 aliphatic rings. The van der Waals surface area contributed by atoms with Gasteiger partial charge in [-0.1, -0.05) is 0 Å². The van der Waals surface area contributed by atoms with E-state index in [1.165, 1.54) is 24.8 Å². The normalized spacial score (nSPS) is 22.6. The maximum Gasteiger partial charge on any atom is 0.223 e. The van der Waals surface area contributed by atoms with Crippen molar-refractivity contribution < 1.29 is 9.21 Å². The molecule has 3 rings (SSSR count). The molecule has 0 radical (unpaired) electrons. The highest BCUT2D eigenvalue weighted by atomic mass is 16.3. The zero-order valence-corrected chi connectivity index (χ0v) is 12.1. The van der Waals surface area contributed by atoms with Crippen LogP contribution in [0.1, 0.15) is 55.9 Å². The van der Waals surface area contributed by atoms with Gasteiger partial charge in [-0.3, -0.25) is 4.79 Å². The molecule has 1 aromatic heterocycles. The fourth-order valence-corrected chi connectivity index (χ4v) is 3.35. The highest BCUT2D eigenvalue weighted by molar-refractivity contribution is 5.76. The number of hydrogen-bond donors (Lipinski definition) is 1. The van der Waals surface area contributed by atoms with Crippen molar-refractivity contribution in [2.24, 2.45) is 0 Å². The lowest BCUT2D eigenvalue weighted by Crippen LogP contribution is -2.37. The topological polar surface area (TPSA) is 45.5 Å². The Bertz CT molecular complexity index is 449. The van der Waals surface area contributed by atoms with Gasteiger partial charge in [-0.2, -0.15) is 0 Å². The Balaban J connectivity index is 1.45. The largest absolute Gasteiger partial charge is 0.469 e. The fraction of sp³-hybridized carbons (Fsp3) is 0.688. The van der Waals surface area contributed by atoms with Crippen LogP contribution in [0.5, 0.6) is 0 Å². The maximum atomic E-state index is 12.1. The van der Waals surface area contributed by atoms with Crippen LogP contribution in [-0.4, -0.2) is 30.4 Å². The predicted octanol–water partition coefficient (Wildman–Crippen LogP) is 2.65. The molecule has 1 aromatic rings. The van der Waals surface area contributed by atoms with Crippen LogP contribution in [0.15, 0.2) is 16.7 Å². The number of amides is 1. The summed E-state index contributed by atoms with van der Waals surface area (Å²) in [7, 11) is 0. The summed E-state index contributed by atoms with van der Waals surface area (Å²) < 4.78 is 5.49. The Labute approximate surface area is 120 Å². The van der Waals surface area contributed by atoms with Gasteiger partial charge in [-0.05, 0) is 38.2 Å². The van der Waals surface area contributed by atoms with Crippen LogP contribution in [0.2, 0.25) is 0 Å². The summed E-state index contributed by atoms with van der Waals surface area (Å²) >= 11 is 0. The van der Waals surface area contributed by atoms with Gasteiger partial charge in [0.1, 0.15) is 5.76 Å². The van der Waals surface area contributed by atoms with E-state index in [0.29, 0.717) is 18.4 Å². The van der Waals surface area contributed by atoms with Crippen molar-refractivity contribution in [2.45, 2.75) is 51.0 Å². The van der Waals surface area contributed by atoms with Crippen LogP contribution in [0.4, 0.5) is 0 Å². The Morgan fingerprint density at radius 3 is 3.00 bits per heavy atom. The average molecular weight is 276 g/mol. The van der Waals surface area contributed by atoms with Crippen LogP contribution in [0, 0.1) is 0 Å². The first kappa shape index (κ1) is 13.7. The second kappa shape index (κ2) is 6.44. The summed E-state index contributed by atoms with van der Waals surface area (Å²) in [6, 6.07) is 2.44. The maximum absolute atomic E-state index is 12.1. The van der Waals surface area contributed by atoms with Crippen molar-refractivity contribution in [1.29, 1.82) is 0 Å². The van der Waals surface area contributed by atoms with Gasteiger partial charge in [0.2, 0.25) is 5.91 Å². The second-order valence-electron chi connectivity index (χ2n) is 5.89. The van der Waals surface area contributed by atoms with Crippen molar-refractivity contribution in [3.63, 3.8) is 0 Å². The molecule has 1 aliphatic heterocycles. The van der Waals surface area contributed by atoms with Crippen molar-refractivity contribution in [3.8, 4) is 0 Å². The number of rotatable bonds is 4. The standard InChI is InChI=1S/C16H24N2O2/c19-16(18-10-2-1-3-11-18)7-9-17-14-5-4-6-15-13(14)8-12-20-15/h8,12,14,17H,1-7,9-11H2. The SMILES string of the molecule is O=C(CCNC1CCCc2occc21)N1CCCCC1. The second-order valence-corrected chi connectivity index (χ2v) is 5.89. The van der Waals surface area contributed by atoms with E-state index in [2.05, 4.69) is 11.4 Å². The summed E-state index contributed by atoms with van der Waals surface area (Å²) in [5, 5.41) is 3.53. The van der Waals surface area contributed by atoms with Gasteiger partial charge in [0, 0.05) is 44.1 Å². The van der Waals surface area contributed by atoms with E-state index in [9.17, 15) is 4.79 Å². The van der Waals surface area contributed by atoms with Gasteiger partial charge >= 0.3 is 0 Å². The highest BCUT2D eigenvalue weighted by Crippen LogP contribution is 2.30. The minimum absolute atomic E-state index is 0.306. The van der Waals surface area contributed by atoms with Crippen molar-refractivity contribution >= 4 is 5.91 Å². The molecular weight excluding hydrogens is 252 g/mol. The zero-order chi connectivity index (χ0) is 13.8. The molecule has 2 heterocycles. The van der Waals surface area contributed by atoms with Crippen LogP contribution in [0.25, 0.3) is 0 Å². The number of carbonyl (C=O) groups is 1. The molecule has 1 saturated heterocycles. The molecule has 1 unspecified atom stereocenters. The predicted molar refractivity (Wildman–Crippen MR) is 77.4 cm³/mol. The van der Waals surface area contributed by atoms with Gasteiger partial charge in [0.25, 0.3) is 0 Å². The fourth-order valence-electron chi connectivity index (χ4n) is 3.35. The molecule has 1 fully saturated rings. The Morgan fingerprint density at radius 1 is 1.30 bits per heavy atom. The summed E-state index contributed by atoms with van der Waals surface area (Å²) in [6.07, 6.45) is 9.36. The van der Waals surface area contributed by atoms with Gasteiger partial charge < -0.3 is 14.6 Å². The number of nitrogens with one attached hydrogen (secondary N) is 1. The van der Waals surface area contributed by atoms with E-state index in [1.807, 2.05) is 4.90 Å². The van der Waals surface area contributed by atoms with Crippen molar-refractivity contribution in [1.82, 2.24) is 10.2 Å². The molecule has 0 aromatic carbocycles. The molecule has 1 aliphatic carbocycles. The van der Waals surface area contributed by atoms with Gasteiger partial charge in [0.15, 0.2) is 0 Å². The van der Waals surface area contributed by atoms with Crippen LogP contribution < -0.4 is 5.32 Å². The molecule has 0 bridgehead atoms. The van der Waals surface area contributed by atoms with Crippen molar-refractivity contribution in [3.05, 3.63) is 23.7 Å². The van der Waals surface area contributed by atoms with E-state index in [4.69, 9.17) is 4.42 Å². The molecule has 4 nitrogen and oxygen atoms in total. The molecule has 1 N–H and O–H groups in total. The van der Waals surface area contributed by atoms with Crippen LogP contribution in [0.3, 0.4) is 0 Å². The molecule has 0 saturated carbocycles. The summed E-state index contributed by atoms with van der Waals surface area (Å²) in [4.78, 5) is 14.1. The molecule has 20 heavy (non-hydrogen) atoms. The van der Waals surface area contributed by atoms with E-state index in [1.54, 1.807) is 6.26 Å². The number of likely N-dealkylation sites (tertiary alicyclic amines) is 1. The molecule has 4 heteroatoms. The lowest BCUT2D eigenvalue weighted by Gasteiger charge is -2.27. The number of aryl methyl sites for hydroxylation is 1. The third-order valence-corrected chi connectivity index (χ3v) is 4.49. The number of nitrogens with zero attached hydrogens (tertiary/aromatic N) is 1. The summed E-state index contributed by atoms with van der Waals surface area (Å²) in [6.45, 7) is 2.67.